The van der Waals surface area contributed by atoms with E-state index in [4.69, 9.17) is 4.98 Å². The fraction of sp³-hybridized carbons (Fsp3) is 0.400. The van der Waals surface area contributed by atoms with Gasteiger partial charge in [0.25, 0.3) is 0 Å². The Bertz CT molecular complexity index is 623. The van der Waals surface area contributed by atoms with Crippen LogP contribution >= 0.6 is 11.8 Å². The molecule has 0 atom stereocenters. The van der Waals surface area contributed by atoms with Crippen LogP contribution in [0.3, 0.4) is 0 Å². The maximum atomic E-state index is 9.70. The minimum Gasteiger partial charge on any atom is -0.390 e. The Balaban J connectivity index is 2.23. The summed E-state index contributed by atoms with van der Waals surface area (Å²) in [5.74, 6) is 1.06. The fourth-order valence-electron chi connectivity index (χ4n) is 2.95. The van der Waals surface area contributed by atoms with E-state index >= 15 is 0 Å². The SMILES string of the molecule is Cc1cc(C)c(-c2nc3n(c2CO)CCS3)c(C)c1. The number of aromatic nitrogens is 2. The molecule has 0 bridgehead atoms. The summed E-state index contributed by atoms with van der Waals surface area (Å²) in [6.45, 7) is 7.35. The van der Waals surface area contributed by atoms with Gasteiger partial charge in [0.15, 0.2) is 5.16 Å². The van der Waals surface area contributed by atoms with Gasteiger partial charge in [0.2, 0.25) is 0 Å². The molecule has 0 aliphatic carbocycles. The smallest absolute Gasteiger partial charge is 0.168 e. The largest absolute Gasteiger partial charge is 0.390 e. The van der Waals surface area contributed by atoms with Gasteiger partial charge in [-0.3, -0.25) is 0 Å². The number of aliphatic hydroxyl groups is 1. The Morgan fingerprint density at radius 3 is 2.58 bits per heavy atom. The van der Waals surface area contributed by atoms with Crippen molar-refractivity contribution in [2.24, 2.45) is 0 Å². The third-order valence-electron chi connectivity index (χ3n) is 3.65. The maximum Gasteiger partial charge on any atom is 0.168 e. The molecule has 1 aromatic carbocycles. The van der Waals surface area contributed by atoms with Crippen LogP contribution in [0.25, 0.3) is 11.3 Å². The average Bonchev–Trinajstić information content (AvgIpc) is 2.87. The molecule has 0 amide bonds. The monoisotopic (exact) mass is 274 g/mol. The van der Waals surface area contributed by atoms with Crippen molar-refractivity contribution in [1.82, 2.24) is 9.55 Å². The molecule has 1 aromatic heterocycles. The van der Waals surface area contributed by atoms with Crippen molar-refractivity contribution in [2.45, 2.75) is 39.1 Å². The fourth-order valence-corrected chi connectivity index (χ4v) is 3.92. The van der Waals surface area contributed by atoms with E-state index in [-0.39, 0.29) is 6.61 Å². The van der Waals surface area contributed by atoms with Crippen LogP contribution in [-0.4, -0.2) is 20.4 Å². The summed E-state index contributed by atoms with van der Waals surface area (Å²) in [5, 5.41) is 10.7. The molecule has 3 nitrogen and oxygen atoms in total. The third-order valence-corrected chi connectivity index (χ3v) is 4.60. The number of fused-ring (bicyclic) bond motifs is 1. The van der Waals surface area contributed by atoms with E-state index in [1.807, 2.05) is 0 Å². The van der Waals surface area contributed by atoms with Gasteiger partial charge in [-0.1, -0.05) is 29.5 Å². The normalized spacial score (nSPS) is 13.9. The molecule has 2 heterocycles. The molecule has 0 unspecified atom stereocenters. The second-order valence-corrected chi connectivity index (χ2v) is 6.18. The number of rotatable bonds is 2. The highest BCUT2D eigenvalue weighted by Gasteiger charge is 2.23. The lowest BCUT2D eigenvalue weighted by atomic mass is 9.96. The number of aliphatic hydroxyl groups excluding tert-OH is 1. The molecule has 19 heavy (non-hydrogen) atoms. The Labute approximate surface area is 117 Å². The molecule has 0 radical (unpaired) electrons. The molecule has 4 heteroatoms. The van der Waals surface area contributed by atoms with Crippen molar-refractivity contribution in [3.8, 4) is 11.3 Å². The predicted molar refractivity (Wildman–Crippen MR) is 78.5 cm³/mol. The van der Waals surface area contributed by atoms with E-state index in [0.717, 1.165) is 28.8 Å². The van der Waals surface area contributed by atoms with E-state index in [1.165, 1.54) is 22.3 Å². The van der Waals surface area contributed by atoms with E-state index < -0.39 is 0 Å². The lowest BCUT2D eigenvalue weighted by Gasteiger charge is -2.11. The van der Waals surface area contributed by atoms with Crippen molar-refractivity contribution in [2.75, 3.05) is 5.75 Å². The minimum atomic E-state index is 0.0512. The summed E-state index contributed by atoms with van der Waals surface area (Å²) in [6, 6.07) is 4.36. The van der Waals surface area contributed by atoms with Gasteiger partial charge in [0, 0.05) is 17.9 Å². The van der Waals surface area contributed by atoms with Gasteiger partial charge >= 0.3 is 0 Å². The van der Waals surface area contributed by atoms with Crippen molar-refractivity contribution in [1.29, 1.82) is 0 Å². The van der Waals surface area contributed by atoms with Crippen LogP contribution in [0.5, 0.6) is 0 Å². The standard InChI is InChI=1S/C15H18N2OS/c1-9-6-10(2)13(11(3)7-9)14-12(8-18)17-4-5-19-15(17)16-14/h6-7,18H,4-5,8H2,1-3H3. The minimum absolute atomic E-state index is 0.0512. The summed E-state index contributed by atoms with van der Waals surface area (Å²) < 4.78 is 2.15. The van der Waals surface area contributed by atoms with Crippen LogP contribution in [-0.2, 0) is 13.2 Å². The molecule has 1 aliphatic heterocycles. The number of hydrogen-bond donors (Lipinski definition) is 1. The summed E-state index contributed by atoms with van der Waals surface area (Å²) in [5.41, 5.74) is 6.82. The summed E-state index contributed by atoms with van der Waals surface area (Å²) in [7, 11) is 0. The summed E-state index contributed by atoms with van der Waals surface area (Å²) >= 11 is 1.77. The summed E-state index contributed by atoms with van der Waals surface area (Å²) in [6.07, 6.45) is 0. The highest BCUT2D eigenvalue weighted by atomic mass is 32.2. The zero-order chi connectivity index (χ0) is 13.6. The Morgan fingerprint density at radius 2 is 1.95 bits per heavy atom. The van der Waals surface area contributed by atoms with Crippen LogP contribution in [0.15, 0.2) is 17.3 Å². The van der Waals surface area contributed by atoms with Crippen LogP contribution in [0.1, 0.15) is 22.4 Å². The van der Waals surface area contributed by atoms with Gasteiger partial charge in [-0.05, 0) is 31.9 Å². The first-order valence-electron chi connectivity index (χ1n) is 6.53. The zero-order valence-corrected chi connectivity index (χ0v) is 12.3. The predicted octanol–water partition coefficient (Wildman–Crippen LogP) is 3.07. The Kier molecular flexibility index (Phi) is 3.15. The van der Waals surface area contributed by atoms with Crippen LogP contribution < -0.4 is 0 Å². The molecule has 2 aromatic rings. The molecular weight excluding hydrogens is 256 g/mol. The molecule has 3 rings (SSSR count). The number of imidazole rings is 1. The quantitative estimate of drug-likeness (QED) is 0.914. The van der Waals surface area contributed by atoms with Crippen LogP contribution in [0, 0.1) is 20.8 Å². The number of nitrogens with zero attached hydrogens (tertiary/aromatic N) is 2. The van der Waals surface area contributed by atoms with E-state index in [0.29, 0.717) is 0 Å². The Hall–Kier alpha value is -1.26. The first kappa shape index (κ1) is 12.8. The first-order valence-corrected chi connectivity index (χ1v) is 7.51. The lowest BCUT2D eigenvalue weighted by Crippen LogP contribution is -2.02. The van der Waals surface area contributed by atoms with Crippen molar-refractivity contribution < 1.29 is 5.11 Å². The first-order chi connectivity index (χ1) is 9.11. The van der Waals surface area contributed by atoms with Gasteiger partial charge in [-0.25, -0.2) is 4.98 Å². The maximum absolute atomic E-state index is 9.70. The van der Waals surface area contributed by atoms with E-state index in [1.54, 1.807) is 11.8 Å². The molecule has 0 saturated heterocycles. The second kappa shape index (κ2) is 4.69. The third kappa shape index (κ3) is 1.99. The summed E-state index contributed by atoms with van der Waals surface area (Å²) in [4.78, 5) is 4.75. The number of benzene rings is 1. The molecule has 100 valence electrons. The number of thioether (sulfide) groups is 1. The van der Waals surface area contributed by atoms with Crippen molar-refractivity contribution in [3.05, 3.63) is 34.5 Å². The molecular formula is C15H18N2OS. The topological polar surface area (TPSA) is 38.0 Å². The van der Waals surface area contributed by atoms with Gasteiger partial charge in [-0.15, -0.1) is 0 Å². The molecule has 0 fully saturated rings. The highest BCUT2D eigenvalue weighted by molar-refractivity contribution is 7.99. The number of aryl methyl sites for hydroxylation is 3. The highest BCUT2D eigenvalue weighted by Crippen LogP contribution is 2.36. The van der Waals surface area contributed by atoms with Crippen molar-refractivity contribution >= 4 is 11.8 Å². The number of hydrogen-bond acceptors (Lipinski definition) is 3. The van der Waals surface area contributed by atoms with Gasteiger partial charge in [0.05, 0.1) is 18.0 Å². The van der Waals surface area contributed by atoms with Gasteiger partial charge < -0.3 is 9.67 Å². The van der Waals surface area contributed by atoms with E-state index in [2.05, 4.69) is 37.5 Å². The Morgan fingerprint density at radius 1 is 1.26 bits per heavy atom. The average molecular weight is 274 g/mol. The second-order valence-electron chi connectivity index (χ2n) is 5.12. The van der Waals surface area contributed by atoms with E-state index in [9.17, 15) is 5.11 Å². The lowest BCUT2D eigenvalue weighted by molar-refractivity contribution is 0.271. The van der Waals surface area contributed by atoms with Crippen LogP contribution in [0.2, 0.25) is 0 Å². The van der Waals surface area contributed by atoms with Crippen LogP contribution in [0.4, 0.5) is 0 Å². The van der Waals surface area contributed by atoms with Crippen molar-refractivity contribution in [3.63, 3.8) is 0 Å². The van der Waals surface area contributed by atoms with Gasteiger partial charge in [-0.2, -0.15) is 0 Å². The zero-order valence-electron chi connectivity index (χ0n) is 11.5. The molecule has 1 N–H and O–H groups in total. The molecule has 1 aliphatic rings. The molecule has 0 spiro atoms. The van der Waals surface area contributed by atoms with Gasteiger partial charge in [0.1, 0.15) is 0 Å². The molecule has 0 saturated carbocycles.